The van der Waals surface area contributed by atoms with Gasteiger partial charge in [0, 0.05) is 0 Å². The maximum atomic E-state index is 2.21. The van der Waals surface area contributed by atoms with Crippen molar-refractivity contribution in [2.75, 3.05) is 0 Å². The summed E-state index contributed by atoms with van der Waals surface area (Å²) in [6.45, 7) is 2.16. The van der Waals surface area contributed by atoms with E-state index in [2.05, 4.69) is 19.1 Å². The van der Waals surface area contributed by atoms with Crippen LogP contribution in [0, 0.1) is 0 Å². The van der Waals surface area contributed by atoms with E-state index in [1.807, 2.05) is 21.1 Å². The predicted octanol–water partition coefficient (Wildman–Crippen LogP) is 1.77. The van der Waals surface area contributed by atoms with Gasteiger partial charge in [0.15, 0.2) is 0 Å². The van der Waals surface area contributed by atoms with Crippen LogP contribution in [0.2, 0.25) is 0 Å². The average molecular weight is 172 g/mol. The third-order valence-corrected chi connectivity index (χ3v) is 2.45. The second-order valence-corrected chi connectivity index (χ2v) is 3.06. The Bertz CT molecular complexity index is 131. The Hall–Kier alpha value is 0.220. The van der Waals surface area contributed by atoms with Crippen LogP contribution in [0.4, 0.5) is 0 Å². The van der Waals surface area contributed by atoms with Gasteiger partial charge in [-0.2, -0.15) is 0 Å². The van der Waals surface area contributed by atoms with Crippen molar-refractivity contribution < 1.29 is 21.1 Å². The van der Waals surface area contributed by atoms with Crippen LogP contribution >= 0.6 is 0 Å². The van der Waals surface area contributed by atoms with Gasteiger partial charge < -0.3 is 0 Å². The molecule has 0 atom stereocenters. The van der Waals surface area contributed by atoms with Crippen molar-refractivity contribution in [2.24, 2.45) is 0 Å². The van der Waals surface area contributed by atoms with Crippen LogP contribution < -0.4 is 0 Å². The van der Waals surface area contributed by atoms with Gasteiger partial charge in [0.1, 0.15) is 0 Å². The summed E-state index contributed by atoms with van der Waals surface area (Å²) in [5.41, 5.74) is 1.47. The van der Waals surface area contributed by atoms with E-state index in [9.17, 15) is 0 Å². The normalized spacial score (nSPS) is 19.0. The molecule has 0 aromatic heterocycles. The third kappa shape index (κ3) is 1.06. The first-order valence-electron chi connectivity index (χ1n) is 2.36. The zero-order chi connectivity index (χ0) is 5.28. The standard InChI is InChI=1S/C6H7.Nb/c1-6-4-2-3-5-6;/h2,4H,3H2,1H3;. The summed E-state index contributed by atoms with van der Waals surface area (Å²) in [7, 11) is 0. The third-order valence-electron chi connectivity index (χ3n) is 1.13. The molecule has 0 aromatic rings. The summed E-state index contributed by atoms with van der Waals surface area (Å²) in [6, 6.07) is 0. The van der Waals surface area contributed by atoms with Crippen molar-refractivity contribution in [2.45, 2.75) is 13.3 Å². The Morgan fingerprint density at radius 1 is 1.71 bits per heavy atom. The molecule has 0 spiro atoms. The maximum absolute atomic E-state index is 2.21. The number of hydrogen-bond donors (Lipinski definition) is 0. The first-order valence-corrected chi connectivity index (χ1v) is 3.46. The van der Waals surface area contributed by atoms with Crippen molar-refractivity contribution in [3.05, 3.63) is 21.5 Å². The summed E-state index contributed by atoms with van der Waals surface area (Å²) in [4.78, 5) is 0. The quantitative estimate of drug-likeness (QED) is 0.488. The molecule has 1 aliphatic rings. The van der Waals surface area contributed by atoms with Crippen LogP contribution in [0.1, 0.15) is 13.3 Å². The Morgan fingerprint density at radius 2 is 2.43 bits per heavy atom. The second-order valence-electron chi connectivity index (χ2n) is 1.74. The molecule has 0 aromatic carbocycles. The second kappa shape index (κ2) is 1.99. The Kier molecular flexibility index (Phi) is 1.53. The molecule has 0 unspecified atom stereocenters. The molecule has 0 radical (unpaired) electrons. The van der Waals surface area contributed by atoms with E-state index in [-0.39, 0.29) is 0 Å². The van der Waals surface area contributed by atoms with Crippen molar-refractivity contribution >= 4 is 0 Å². The number of allylic oxidation sites excluding steroid dienone is 4. The minimum atomic E-state index is 1.19. The topological polar surface area (TPSA) is 0 Å². The molecule has 0 bridgehead atoms. The van der Waals surface area contributed by atoms with Gasteiger partial charge in [0.05, 0.1) is 0 Å². The summed E-state index contributed by atoms with van der Waals surface area (Å²) in [5, 5.41) is 0. The summed E-state index contributed by atoms with van der Waals surface area (Å²) >= 11 is 1.84. The van der Waals surface area contributed by atoms with Gasteiger partial charge in [-0.1, -0.05) is 0 Å². The van der Waals surface area contributed by atoms with E-state index in [0.717, 1.165) is 0 Å². The Balaban J connectivity index is 2.79. The summed E-state index contributed by atoms with van der Waals surface area (Å²) in [6.07, 6.45) is 5.59. The molecule has 0 N–H and O–H groups in total. The van der Waals surface area contributed by atoms with Gasteiger partial charge >= 0.3 is 55.9 Å². The molecule has 0 fully saturated rings. The molecule has 7 heavy (non-hydrogen) atoms. The van der Waals surface area contributed by atoms with Gasteiger partial charge in [-0.3, -0.25) is 0 Å². The molecule has 0 aliphatic heterocycles. The molecule has 1 aliphatic carbocycles. The van der Waals surface area contributed by atoms with Crippen LogP contribution in [0.25, 0.3) is 0 Å². The molecule has 1 heteroatoms. The van der Waals surface area contributed by atoms with Gasteiger partial charge in [-0.25, -0.2) is 0 Å². The van der Waals surface area contributed by atoms with E-state index >= 15 is 0 Å². The molecule has 0 saturated carbocycles. The van der Waals surface area contributed by atoms with Crippen molar-refractivity contribution in [3.63, 3.8) is 0 Å². The van der Waals surface area contributed by atoms with Crippen molar-refractivity contribution in [1.82, 2.24) is 0 Å². The van der Waals surface area contributed by atoms with Crippen LogP contribution in [0.5, 0.6) is 0 Å². The molecular weight excluding hydrogens is 165 g/mol. The van der Waals surface area contributed by atoms with Gasteiger partial charge in [0.2, 0.25) is 0 Å². The Morgan fingerprint density at radius 3 is 2.57 bits per heavy atom. The minimum absolute atomic E-state index is 1.19. The van der Waals surface area contributed by atoms with Crippen molar-refractivity contribution in [1.29, 1.82) is 0 Å². The fourth-order valence-corrected chi connectivity index (χ4v) is 1.05. The monoisotopic (exact) mass is 172 g/mol. The van der Waals surface area contributed by atoms with Crippen LogP contribution in [-0.4, -0.2) is 0 Å². The molecule has 0 amide bonds. The molecule has 0 saturated heterocycles. The fraction of sp³-hybridized carbons (Fsp3) is 0.333. The van der Waals surface area contributed by atoms with E-state index in [1.54, 1.807) is 3.79 Å². The summed E-state index contributed by atoms with van der Waals surface area (Å²) < 4.78 is 1.56. The average Bonchev–Trinajstić information content (AvgIpc) is 1.91. The van der Waals surface area contributed by atoms with Gasteiger partial charge in [-0.15, -0.1) is 0 Å². The molecule has 0 nitrogen and oxygen atoms in total. The Labute approximate surface area is 56.2 Å². The van der Waals surface area contributed by atoms with Crippen molar-refractivity contribution in [3.8, 4) is 0 Å². The fourth-order valence-electron chi connectivity index (χ4n) is 0.605. The SMILES string of the molecule is CC1=[C]([Nb])CC=C1. The van der Waals surface area contributed by atoms with E-state index in [0.29, 0.717) is 0 Å². The van der Waals surface area contributed by atoms with Crippen LogP contribution in [0.3, 0.4) is 0 Å². The zero-order valence-electron chi connectivity index (χ0n) is 4.31. The predicted molar refractivity (Wildman–Crippen MR) is 26.5 cm³/mol. The van der Waals surface area contributed by atoms with E-state index < -0.39 is 0 Å². The van der Waals surface area contributed by atoms with Gasteiger partial charge in [-0.05, 0) is 0 Å². The van der Waals surface area contributed by atoms with E-state index in [1.165, 1.54) is 12.0 Å². The molecule has 36 valence electrons. The number of hydrogen-bond acceptors (Lipinski definition) is 0. The zero-order valence-corrected chi connectivity index (χ0v) is 6.51. The first-order chi connectivity index (χ1) is 3.30. The molecular formula is C6H7Nb. The van der Waals surface area contributed by atoms with Crippen LogP contribution in [0.15, 0.2) is 21.5 Å². The van der Waals surface area contributed by atoms with Gasteiger partial charge in [0.25, 0.3) is 0 Å². The first kappa shape index (κ1) is 5.36. The molecule has 0 heterocycles. The molecule has 1 rings (SSSR count). The van der Waals surface area contributed by atoms with E-state index in [4.69, 9.17) is 0 Å². The van der Waals surface area contributed by atoms with Crippen LogP contribution in [-0.2, 0) is 21.1 Å². The summed E-state index contributed by atoms with van der Waals surface area (Å²) in [5.74, 6) is 0. The number of rotatable bonds is 0.